The highest BCUT2D eigenvalue weighted by molar-refractivity contribution is 8.00. The zero-order chi connectivity index (χ0) is 17.8. The molecule has 7 nitrogen and oxygen atoms in total. The first kappa shape index (κ1) is 17.0. The summed E-state index contributed by atoms with van der Waals surface area (Å²) in [5, 5.41) is 21.9. The van der Waals surface area contributed by atoms with Crippen LogP contribution in [0, 0.1) is 11.3 Å². The van der Waals surface area contributed by atoms with E-state index in [0.29, 0.717) is 22.2 Å². The van der Waals surface area contributed by atoms with Crippen molar-refractivity contribution in [3.05, 3.63) is 47.3 Å². The van der Waals surface area contributed by atoms with Crippen LogP contribution in [0.1, 0.15) is 12.5 Å². The molecule has 0 saturated heterocycles. The smallest absolute Gasteiger partial charge is 0.237 e. The third kappa shape index (κ3) is 3.65. The highest BCUT2D eigenvalue weighted by Crippen LogP contribution is 2.27. The van der Waals surface area contributed by atoms with Gasteiger partial charge in [-0.25, -0.2) is 4.68 Å². The molecule has 0 radical (unpaired) electrons. The number of nitrogens with two attached hydrogens (primary N) is 1. The highest BCUT2D eigenvalue weighted by atomic mass is 32.2. The van der Waals surface area contributed by atoms with Gasteiger partial charge in [0, 0.05) is 0 Å². The van der Waals surface area contributed by atoms with E-state index in [0.717, 1.165) is 4.88 Å². The molecule has 0 aliphatic carbocycles. The van der Waals surface area contributed by atoms with Gasteiger partial charge in [0.1, 0.15) is 6.07 Å². The van der Waals surface area contributed by atoms with Gasteiger partial charge in [-0.3, -0.25) is 4.79 Å². The maximum Gasteiger partial charge on any atom is 0.237 e. The quantitative estimate of drug-likeness (QED) is 0.528. The number of carbonyl (C=O) groups is 1. The fraction of sp³-hybridized carbons (Fsp3) is 0.125. The van der Waals surface area contributed by atoms with Crippen molar-refractivity contribution in [3.8, 4) is 16.8 Å². The third-order valence-electron chi connectivity index (χ3n) is 3.36. The molecule has 9 heteroatoms. The lowest BCUT2D eigenvalue weighted by Gasteiger charge is -2.12. The van der Waals surface area contributed by atoms with Crippen molar-refractivity contribution < 1.29 is 4.79 Å². The largest absolute Gasteiger partial charge is 0.335 e. The number of amides is 1. The fourth-order valence-electron chi connectivity index (χ4n) is 2.07. The fourth-order valence-corrected chi connectivity index (χ4v) is 3.54. The molecule has 0 aliphatic heterocycles. The summed E-state index contributed by atoms with van der Waals surface area (Å²) in [4.78, 5) is 13.3. The Morgan fingerprint density at radius 3 is 2.88 bits per heavy atom. The van der Waals surface area contributed by atoms with E-state index < -0.39 is 5.25 Å². The number of nitriles is 1. The van der Waals surface area contributed by atoms with Gasteiger partial charge in [0.15, 0.2) is 5.82 Å². The standard InChI is InChI=1S/C16H14N6OS2/c1-10(15(23)19-12-6-3-2-5-11(12)9-17)25-16-21-20-14(22(16)18)13-7-4-8-24-13/h2-8,10H,18H2,1H3,(H,19,23). The predicted octanol–water partition coefficient (Wildman–Crippen LogP) is 2.71. The van der Waals surface area contributed by atoms with E-state index in [1.54, 1.807) is 31.2 Å². The van der Waals surface area contributed by atoms with Crippen LogP contribution in [0.5, 0.6) is 0 Å². The second kappa shape index (κ2) is 7.38. The Hall–Kier alpha value is -2.83. The molecule has 25 heavy (non-hydrogen) atoms. The van der Waals surface area contributed by atoms with Gasteiger partial charge >= 0.3 is 0 Å². The topological polar surface area (TPSA) is 110 Å². The molecule has 126 valence electrons. The van der Waals surface area contributed by atoms with Gasteiger partial charge in [0.05, 0.1) is 21.4 Å². The first-order valence-electron chi connectivity index (χ1n) is 7.31. The van der Waals surface area contributed by atoms with Gasteiger partial charge in [0.25, 0.3) is 0 Å². The van der Waals surface area contributed by atoms with Gasteiger partial charge in [0.2, 0.25) is 11.1 Å². The normalized spacial score (nSPS) is 11.7. The molecule has 2 aromatic heterocycles. The molecule has 0 fully saturated rings. The Labute approximate surface area is 152 Å². The number of nitrogen functional groups attached to an aromatic ring is 1. The summed E-state index contributed by atoms with van der Waals surface area (Å²) in [6.45, 7) is 1.74. The van der Waals surface area contributed by atoms with Crippen molar-refractivity contribution in [3.63, 3.8) is 0 Å². The van der Waals surface area contributed by atoms with Gasteiger partial charge in [-0.15, -0.1) is 21.5 Å². The lowest BCUT2D eigenvalue weighted by Crippen LogP contribution is -2.24. The minimum Gasteiger partial charge on any atom is -0.335 e. The van der Waals surface area contributed by atoms with Crippen molar-refractivity contribution >= 4 is 34.7 Å². The molecule has 3 aromatic rings. The Kier molecular flexibility index (Phi) is 5.02. The van der Waals surface area contributed by atoms with Crippen LogP contribution in [0.4, 0.5) is 5.69 Å². The van der Waals surface area contributed by atoms with Crippen LogP contribution in [-0.2, 0) is 4.79 Å². The minimum atomic E-state index is -0.463. The van der Waals surface area contributed by atoms with E-state index in [4.69, 9.17) is 11.1 Å². The van der Waals surface area contributed by atoms with Crippen molar-refractivity contribution in [2.24, 2.45) is 0 Å². The van der Waals surface area contributed by atoms with Gasteiger partial charge in [-0.2, -0.15) is 5.26 Å². The minimum absolute atomic E-state index is 0.242. The Balaban J connectivity index is 1.71. The van der Waals surface area contributed by atoms with E-state index in [-0.39, 0.29) is 5.91 Å². The predicted molar refractivity (Wildman–Crippen MR) is 98.6 cm³/mol. The number of benzene rings is 1. The number of hydrogen-bond donors (Lipinski definition) is 2. The average Bonchev–Trinajstić information content (AvgIpc) is 3.26. The number of aromatic nitrogens is 3. The van der Waals surface area contributed by atoms with Gasteiger partial charge in [-0.1, -0.05) is 30.0 Å². The number of thiophene rings is 1. The molecule has 0 saturated carbocycles. The third-order valence-corrected chi connectivity index (χ3v) is 5.29. The summed E-state index contributed by atoms with van der Waals surface area (Å²) in [5.41, 5.74) is 0.894. The summed E-state index contributed by atoms with van der Waals surface area (Å²) in [6, 6.07) is 12.7. The summed E-state index contributed by atoms with van der Waals surface area (Å²) in [6.07, 6.45) is 0. The van der Waals surface area contributed by atoms with Crippen LogP contribution >= 0.6 is 23.1 Å². The molecule has 0 aliphatic rings. The van der Waals surface area contributed by atoms with Crippen LogP contribution in [0.15, 0.2) is 46.9 Å². The van der Waals surface area contributed by atoms with E-state index in [2.05, 4.69) is 21.6 Å². The van der Waals surface area contributed by atoms with E-state index in [1.807, 2.05) is 17.5 Å². The molecule has 1 amide bonds. The lowest BCUT2D eigenvalue weighted by molar-refractivity contribution is -0.115. The maximum absolute atomic E-state index is 12.4. The molecule has 1 atom stereocenters. The zero-order valence-electron chi connectivity index (χ0n) is 13.2. The second-order valence-electron chi connectivity index (χ2n) is 5.06. The van der Waals surface area contributed by atoms with Crippen molar-refractivity contribution in [2.45, 2.75) is 17.3 Å². The number of nitrogens with one attached hydrogen (secondary N) is 1. The van der Waals surface area contributed by atoms with Crippen LogP contribution in [0.25, 0.3) is 10.7 Å². The van der Waals surface area contributed by atoms with E-state index in [9.17, 15) is 4.79 Å². The number of carbonyl (C=O) groups excluding carboxylic acids is 1. The number of hydrogen-bond acceptors (Lipinski definition) is 7. The Bertz CT molecular complexity index is 929. The van der Waals surface area contributed by atoms with Crippen LogP contribution < -0.4 is 11.2 Å². The van der Waals surface area contributed by atoms with Crippen LogP contribution in [0.3, 0.4) is 0 Å². The Morgan fingerprint density at radius 1 is 1.36 bits per heavy atom. The first-order chi connectivity index (χ1) is 12.1. The second-order valence-corrected chi connectivity index (χ2v) is 7.32. The molecular formula is C16H14N6OS2. The number of thioether (sulfide) groups is 1. The van der Waals surface area contributed by atoms with E-state index in [1.165, 1.54) is 27.8 Å². The molecule has 3 rings (SSSR count). The van der Waals surface area contributed by atoms with Crippen molar-refractivity contribution in [1.82, 2.24) is 14.9 Å². The molecule has 1 aromatic carbocycles. The summed E-state index contributed by atoms with van der Waals surface area (Å²) < 4.78 is 1.38. The van der Waals surface area contributed by atoms with Crippen LogP contribution in [-0.4, -0.2) is 26.0 Å². The highest BCUT2D eigenvalue weighted by Gasteiger charge is 2.21. The number of rotatable bonds is 5. The summed E-state index contributed by atoms with van der Waals surface area (Å²) >= 11 is 2.72. The van der Waals surface area contributed by atoms with Gasteiger partial charge in [-0.05, 0) is 30.5 Å². The van der Waals surface area contributed by atoms with Gasteiger partial charge < -0.3 is 11.2 Å². The molecular weight excluding hydrogens is 356 g/mol. The van der Waals surface area contributed by atoms with Crippen molar-refractivity contribution in [1.29, 1.82) is 5.26 Å². The van der Waals surface area contributed by atoms with Crippen LogP contribution in [0.2, 0.25) is 0 Å². The molecule has 0 spiro atoms. The number of para-hydroxylation sites is 1. The monoisotopic (exact) mass is 370 g/mol. The molecule has 1 unspecified atom stereocenters. The molecule has 2 heterocycles. The number of anilines is 1. The lowest BCUT2D eigenvalue weighted by atomic mass is 10.2. The summed E-state index contributed by atoms with van der Waals surface area (Å²) in [7, 11) is 0. The van der Waals surface area contributed by atoms with Crippen molar-refractivity contribution in [2.75, 3.05) is 11.2 Å². The molecule has 0 bridgehead atoms. The first-order valence-corrected chi connectivity index (χ1v) is 9.07. The molecule has 3 N–H and O–H groups in total. The SMILES string of the molecule is CC(Sc1nnc(-c2cccs2)n1N)C(=O)Nc1ccccc1C#N. The zero-order valence-corrected chi connectivity index (χ0v) is 14.8. The number of nitrogens with zero attached hydrogens (tertiary/aromatic N) is 4. The Morgan fingerprint density at radius 2 is 2.16 bits per heavy atom. The summed E-state index contributed by atoms with van der Waals surface area (Å²) in [5.74, 6) is 6.36. The maximum atomic E-state index is 12.4. The van der Waals surface area contributed by atoms with E-state index >= 15 is 0 Å². The average molecular weight is 370 g/mol.